The highest BCUT2D eigenvalue weighted by molar-refractivity contribution is 5.97. The van der Waals surface area contributed by atoms with E-state index in [1.807, 2.05) is 0 Å². The smallest absolute Gasteiger partial charge is 0.0462 e. The van der Waals surface area contributed by atoms with Crippen LogP contribution in [0.5, 0.6) is 0 Å². The summed E-state index contributed by atoms with van der Waals surface area (Å²) in [6.45, 7) is 0. The molecule has 1 aliphatic carbocycles. The maximum absolute atomic E-state index is 2.36. The molecule has 0 aliphatic heterocycles. The van der Waals surface area contributed by atoms with Gasteiger partial charge < -0.3 is 4.90 Å². The van der Waals surface area contributed by atoms with E-state index in [1.54, 1.807) is 0 Å². The van der Waals surface area contributed by atoms with Gasteiger partial charge in [-0.05, 0) is 139 Å². The van der Waals surface area contributed by atoms with Gasteiger partial charge >= 0.3 is 0 Å². The Hall–Kier alpha value is -7.22. The molecule has 0 saturated heterocycles. The number of benzene rings is 9. The van der Waals surface area contributed by atoms with Gasteiger partial charge in [0.15, 0.2) is 0 Å². The molecule has 1 aliphatic rings. The van der Waals surface area contributed by atoms with Crippen LogP contribution in [0.25, 0.3) is 72.5 Å². The SMILES string of the molecule is C1=Cc2cc(-c3ccc(-c4ccccc4)cc3-c3ccc(N(c4ccc(-c5ccccc5)cc4)c4ccc(-c5cccc6ccccc56)cc4)cc3)ccc2CC1. The van der Waals surface area contributed by atoms with E-state index < -0.39 is 0 Å². The Labute approximate surface area is 335 Å². The third kappa shape index (κ3) is 6.86. The standard InChI is InChI=1S/C56H41N/c1-3-12-40(13-4-1)43-24-31-50(32-25-43)57(51-33-26-45(27-34-51)54-21-11-19-44-17-9-10-20-53(44)54)52-35-28-46(29-36-52)56-39-48(41-14-5-2-6-15-41)30-37-55(56)49-23-22-42-16-7-8-18-47(42)38-49/h1-6,8-15,17-39H,7,16H2. The molecule has 57 heavy (non-hydrogen) atoms. The monoisotopic (exact) mass is 727 g/mol. The third-order valence-corrected chi connectivity index (χ3v) is 11.4. The van der Waals surface area contributed by atoms with Gasteiger partial charge in [-0.1, -0.05) is 176 Å². The lowest BCUT2D eigenvalue weighted by atomic mass is 9.88. The van der Waals surface area contributed by atoms with Crippen LogP contribution in [0.1, 0.15) is 17.5 Å². The van der Waals surface area contributed by atoms with E-state index in [0.29, 0.717) is 0 Å². The van der Waals surface area contributed by atoms with Crippen LogP contribution >= 0.6 is 0 Å². The number of nitrogens with zero attached hydrogens (tertiary/aromatic N) is 1. The molecular formula is C56H41N. The van der Waals surface area contributed by atoms with Crippen LogP contribution in [-0.2, 0) is 6.42 Å². The third-order valence-electron chi connectivity index (χ3n) is 11.4. The fourth-order valence-electron chi connectivity index (χ4n) is 8.38. The van der Waals surface area contributed by atoms with E-state index in [-0.39, 0.29) is 0 Å². The molecule has 0 spiro atoms. The second kappa shape index (κ2) is 15.1. The Morgan fingerprint density at radius 3 is 1.54 bits per heavy atom. The lowest BCUT2D eigenvalue weighted by Crippen LogP contribution is -2.09. The van der Waals surface area contributed by atoms with Gasteiger partial charge in [0, 0.05) is 17.1 Å². The van der Waals surface area contributed by atoms with Gasteiger partial charge in [0.25, 0.3) is 0 Å². The molecule has 10 rings (SSSR count). The highest BCUT2D eigenvalue weighted by Gasteiger charge is 2.17. The summed E-state index contributed by atoms with van der Waals surface area (Å²) in [6, 6.07) is 77.4. The van der Waals surface area contributed by atoms with Gasteiger partial charge in [-0.25, -0.2) is 0 Å². The van der Waals surface area contributed by atoms with E-state index in [1.165, 1.54) is 77.5 Å². The van der Waals surface area contributed by atoms with Crippen molar-refractivity contribution in [3.8, 4) is 55.6 Å². The summed E-state index contributed by atoms with van der Waals surface area (Å²) >= 11 is 0. The minimum Gasteiger partial charge on any atom is -0.311 e. The molecule has 0 bridgehead atoms. The predicted molar refractivity (Wildman–Crippen MR) is 243 cm³/mol. The maximum Gasteiger partial charge on any atom is 0.0462 e. The summed E-state index contributed by atoms with van der Waals surface area (Å²) in [5, 5.41) is 2.51. The molecule has 0 amide bonds. The Kier molecular flexibility index (Phi) is 9.10. The zero-order chi connectivity index (χ0) is 38.0. The van der Waals surface area contributed by atoms with Crippen LogP contribution in [-0.4, -0.2) is 0 Å². The van der Waals surface area contributed by atoms with Gasteiger partial charge in [-0.15, -0.1) is 0 Å². The lowest BCUT2D eigenvalue weighted by molar-refractivity contribution is 0.986. The largest absolute Gasteiger partial charge is 0.311 e. The average Bonchev–Trinajstić information content (AvgIpc) is 3.30. The first kappa shape index (κ1) is 34.3. The van der Waals surface area contributed by atoms with Crippen molar-refractivity contribution in [2.24, 2.45) is 0 Å². The van der Waals surface area contributed by atoms with E-state index >= 15 is 0 Å². The average molecular weight is 728 g/mol. The van der Waals surface area contributed by atoms with Gasteiger partial charge in [0.2, 0.25) is 0 Å². The number of anilines is 3. The van der Waals surface area contributed by atoms with Gasteiger partial charge in [-0.3, -0.25) is 0 Å². The van der Waals surface area contributed by atoms with Crippen LogP contribution in [0.2, 0.25) is 0 Å². The van der Waals surface area contributed by atoms with Gasteiger partial charge in [0.1, 0.15) is 0 Å². The van der Waals surface area contributed by atoms with E-state index in [9.17, 15) is 0 Å². The van der Waals surface area contributed by atoms with E-state index in [4.69, 9.17) is 0 Å². The Morgan fingerprint density at radius 1 is 0.333 bits per heavy atom. The number of allylic oxidation sites excluding steroid dienone is 1. The molecule has 0 aromatic heterocycles. The van der Waals surface area contributed by atoms with Crippen molar-refractivity contribution in [3.63, 3.8) is 0 Å². The summed E-state index contributed by atoms with van der Waals surface area (Å²) in [7, 11) is 0. The second-order valence-electron chi connectivity index (χ2n) is 14.8. The maximum atomic E-state index is 2.36. The van der Waals surface area contributed by atoms with Crippen molar-refractivity contribution in [1.82, 2.24) is 0 Å². The zero-order valence-corrected chi connectivity index (χ0v) is 31.7. The highest BCUT2D eigenvalue weighted by Crippen LogP contribution is 2.41. The molecule has 0 N–H and O–H groups in total. The van der Waals surface area contributed by atoms with Crippen LogP contribution in [0.4, 0.5) is 17.1 Å². The first-order valence-electron chi connectivity index (χ1n) is 19.9. The summed E-state index contributed by atoms with van der Waals surface area (Å²) in [5.74, 6) is 0. The molecule has 0 radical (unpaired) electrons. The van der Waals surface area contributed by atoms with Crippen LogP contribution < -0.4 is 4.90 Å². The van der Waals surface area contributed by atoms with Crippen molar-refractivity contribution in [1.29, 1.82) is 0 Å². The Morgan fingerprint density at radius 2 is 0.860 bits per heavy atom. The van der Waals surface area contributed by atoms with Crippen LogP contribution in [0, 0.1) is 0 Å². The first-order valence-corrected chi connectivity index (χ1v) is 19.9. The molecule has 1 heteroatoms. The number of hydrogen-bond acceptors (Lipinski definition) is 1. The molecule has 0 saturated carbocycles. The second-order valence-corrected chi connectivity index (χ2v) is 14.8. The predicted octanol–water partition coefficient (Wildman–Crippen LogP) is 15.6. The molecule has 1 nitrogen and oxygen atoms in total. The van der Waals surface area contributed by atoms with Crippen LogP contribution in [0.15, 0.2) is 218 Å². The van der Waals surface area contributed by atoms with Crippen LogP contribution in [0.3, 0.4) is 0 Å². The number of rotatable bonds is 8. The Balaban J connectivity index is 1.06. The summed E-state index contributed by atoms with van der Waals surface area (Å²) in [6.07, 6.45) is 6.79. The normalized spacial score (nSPS) is 12.0. The van der Waals surface area contributed by atoms with Gasteiger partial charge in [0.05, 0.1) is 0 Å². The molecule has 0 unspecified atom stereocenters. The first-order chi connectivity index (χ1) is 28.2. The lowest BCUT2D eigenvalue weighted by Gasteiger charge is -2.26. The number of fused-ring (bicyclic) bond motifs is 2. The summed E-state index contributed by atoms with van der Waals surface area (Å²) in [5.41, 5.74) is 18.2. The van der Waals surface area contributed by atoms with Crippen molar-refractivity contribution in [3.05, 3.63) is 230 Å². The highest BCUT2D eigenvalue weighted by atomic mass is 15.1. The van der Waals surface area contributed by atoms with Gasteiger partial charge in [-0.2, -0.15) is 0 Å². The summed E-state index contributed by atoms with van der Waals surface area (Å²) in [4.78, 5) is 2.36. The molecule has 0 atom stereocenters. The van der Waals surface area contributed by atoms with Crippen molar-refractivity contribution < 1.29 is 0 Å². The van der Waals surface area contributed by atoms with E-state index in [0.717, 1.165) is 29.9 Å². The molecule has 0 fully saturated rings. The van der Waals surface area contributed by atoms with Crippen molar-refractivity contribution >= 4 is 33.9 Å². The minimum absolute atomic E-state index is 1.10. The molecule has 9 aromatic rings. The number of hydrogen-bond donors (Lipinski definition) is 0. The zero-order valence-electron chi connectivity index (χ0n) is 31.7. The fraction of sp³-hybridized carbons (Fsp3) is 0.0357. The Bertz CT molecular complexity index is 2850. The topological polar surface area (TPSA) is 3.24 Å². The van der Waals surface area contributed by atoms with Crippen molar-refractivity contribution in [2.75, 3.05) is 4.90 Å². The quantitative estimate of drug-likeness (QED) is 0.151. The fourth-order valence-corrected chi connectivity index (χ4v) is 8.38. The molecule has 9 aromatic carbocycles. The molecular weight excluding hydrogens is 687 g/mol. The summed E-state index contributed by atoms with van der Waals surface area (Å²) < 4.78 is 0. The molecule has 0 heterocycles. The van der Waals surface area contributed by atoms with Crippen molar-refractivity contribution in [2.45, 2.75) is 12.8 Å². The molecule has 270 valence electrons. The minimum atomic E-state index is 1.10. The number of aryl methyl sites for hydroxylation is 1. The van der Waals surface area contributed by atoms with E-state index in [2.05, 4.69) is 229 Å².